The molecule has 0 fully saturated rings. The highest BCUT2D eigenvalue weighted by Gasteiger charge is 2.38. The highest BCUT2D eigenvalue weighted by atomic mass is 16.2. The molecule has 6 heteroatoms. The van der Waals surface area contributed by atoms with E-state index < -0.39 is 0 Å². The summed E-state index contributed by atoms with van der Waals surface area (Å²) < 4.78 is 0. The van der Waals surface area contributed by atoms with Crippen LogP contribution in [0.3, 0.4) is 0 Å². The number of benzene rings is 7. The molecule has 0 N–H and O–H groups in total. The molecule has 6 nitrogen and oxygen atoms in total. The third-order valence-corrected chi connectivity index (χ3v) is 10.3. The van der Waals surface area contributed by atoms with Crippen LogP contribution in [-0.2, 0) is 0 Å². The van der Waals surface area contributed by atoms with Crippen LogP contribution in [0, 0.1) is 11.8 Å². The first kappa shape index (κ1) is 30.2. The summed E-state index contributed by atoms with van der Waals surface area (Å²) in [4.78, 5) is 59.6. The van der Waals surface area contributed by atoms with Gasteiger partial charge in [-0.15, -0.1) is 0 Å². The minimum Gasteiger partial charge on any atom is -0.274 e. The first-order valence-corrected chi connectivity index (χ1v) is 17.3. The van der Waals surface area contributed by atoms with Gasteiger partial charge in [0.1, 0.15) is 0 Å². The summed E-state index contributed by atoms with van der Waals surface area (Å²) in [5.74, 6) is -0.958. The van der Waals surface area contributed by atoms with Crippen LogP contribution < -0.4 is 0 Å². The van der Waals surface area contributed by atoms with E-state index in [2.05, 4.69) is 0 Å². The number of amides is 4. The molecule has 4 amide bonds. The van der Waals surface area contributed by atoms with E-state index in [1.165, 1.54) is 9.80 Å². The molecule has 7 aromatic carbocycles. The van der Waals surface area contributed by atoms with Gasteiger partial charge in [0.25, 0.3) is 23.6 Å². The predicted octanol–water partition coefficient (Wildman–Crippen LogP) is 9.58. The van der Waals surface area contributed by atoms with Crippen LogP contribution in [0.1, 0.15) is 69.1 Å². The first-order chi connectivity index (χ1) is 24.2. The summed E-state index contributed by atoms with van der Waals surface area (Å²) in [6, 6.07) is 31.6. The average molecular weight is 655 g/mol. The number of rotatable bonds is 6. The first-order valence-electron chi connectivity index (χ1n) is 17.3. The Bertz CT molecular complexity index is 2440. The summed E-state index contributed by atoms with van der Waals surface area (Å²) in [6.45, 7) is 8.66. The number of hydrogen-bond acceptors (Lipinski definition) is 4. The van der Waals surface area contributed by atoms with Crippen molar-refractivity contribution < 1.29 is 19.2 Å². The van der Waals surface area contributed by atoms with Crippen molar-refractivity contribution >= 4 is 66.7 Å². The van der Waals surface area contributed by atoms with E-state index in [4.69, 9.17) is 0 Å². The Hall–Kier alpha value is -5.88. The van der Waals surface area contributed by atoms with Crippen LogP contribution in [0.25, 0.3) is 65.3 Å². The molecule has 0 spiro atoms. The second-order valence-corrected chi connectivity index (χ2v) is 14.5. The molecular formula is C44H34N2O4. The maximum absolute atomic E-state index is 14.3. The van der Waals surface area contributed by atoms with Crippen LogP contribution in [0.4, 0.5) is 0 Å². The van der Waals surface area contributed by atoms with Gasteiger partial charge in [-0.2, -0.15) is 0 Å². The van der Waals surface area contributed by atoms with Crippen molar-refractivity contribution in [2.24, 2.45) is 11.8 Å². The lowest BCUT2D eigenvalue weighted by atomic mass is 9.78. The molecular weight excluding hydrogens is 620 g/mol. The standard InChI is InChI=1S/C44H34N2O4/c1-23(2)21-45-41(47)29-17-15-27-36-32(26-13-9-6-10-14-26)20-34-38-30(42(48)46(44(34)50)22-24(3)4)18-16-28(40(36)38)35-31(25-11-7-5-8-12-25)19-33(43(45)49)37(29)39(27)35/h5-20,23-24H,21-22H2,1-4H3. The van der Waals surface area contributed by atoms with Gasteiger partial charge in [0.15, 0.2) is 0 Å². The Balaban J connectivity index is 1.53. The molecule has 244 valence electrons. The van der Waals surface area contributed by atoms with Gasteiger partial charge in [-0.3, -0.25) is 29.0 Å². The molecule has 0 unspecified atom stereocenters. The van der Waals surface area contributed by atoms with Crippen molar-refractivity contribution in [1.29, 1.82) is 0 Å². The van der Waals surface area contributed by atoms with Gasteiger partial charge in [0.05, 0.1) is 0 Å². The van der Waals surface area contributed by atoms with Gasteiger partial charge < -0.3 is 0 Å². The lowest BCUT2D eigenvalue weighted by Gasteiger charge is -2.32. The number of carbonyl (C=O) groups is 4. The van der Waals surface area contributed by atoms with Gasteiger partial charge in [-0.25, -0.2) is 0 Å². The number of fused-ring (bicyclic) bond motifs is 2. The van der Waals surface area contributed by atoms with Gasteiger partial charge in [-0.05, 0) is 90.7 Å². The normalized spacial score (nSPS) is 14.6. The molecule has 9 rings (SSSR count). The van der Waals surface area contributed by atoms with E-state index in [-0.39, 0.29) is 35.5 Å². The molecule has 7 aromatic rings. The molecule has 0 aliphatic carbocycles. The SMILES string of the molecule is CC(C)CN1C(=O)c2ccc3c4c(-c5ccccc5)cc5c6c(ccc(c7c(-c8ccccc8)cc(c2c37)C1=O)c64)C(=O)N(CC(C)C)C5=O. The zero-order valence-corrected chi connectivity index (χ0v) is 28.3. The molecule has 2 heterocycles. The predicted molar refractivity (Wildman–Crippen MR) is 199 cm³/mol. The number of imide groups is 2. The molecule has 0 bridgehead atoms. The smallest absolute Gasteiger partial charge is 0.261 e. The van der Waals surface area contributed by atoms with E-state index in [0.29, 0.717) is 46.1 Å². The summed E-state index contributed by atoms with van der Waals surface area (Å²) >= 11 is 0. The second-order valence-electron chi connectivity index (χ2n) is 14.5. The van der Waals surface area contributed by atoms with E-state index in [9.17, 15) is 19.2 Å². The maximum Gasteiger partial charge on any atom is 0.261 e. The Morgan fingerprint density at radius 1 is 0.400 bits per heavy atom. The van der Waals surface area contributed by atoms with Crippen LogP contribution in [0.15, 0.2) is 97.1 Å². The Morgan fingerprint density at radius 2 is 0.760 bits per heavy atom. The van der Waals surface area contributed by atoms with Crippen molar-refractivity contribution in [1.82, 2.24) is 9.80 Å². The van der Waals surface area contributed by atoms with Crippen LogP contribution in [0.5, 0.6) is 0 Å². The third-order valence-electron chi connectivity index (χ3n) is 10.3. The number of hydrogen-bond donors (Lipinski definition) is 0. The topological polar surface area (TPSA) is 74.8 Å². The summed E-state index contributed by atoms with van der Waals surface area (Å²) in [6.07, 6.45) is 0. The van der Waals surface area contributed by atoms with Crippen molar-refractivity contribution in [3.63, 3.8) is 0 Å². The van der Waals surface area contributed by atoms with Crippen LogP contribution in [-0.4, -0.2) is 46.5 Å². The minimum atomic E-state index is -0.294. The van der Waals surface area contributed by atoms with Crippen LogP contribution in [0.2, 0.25) is 0 Å². The summed E-state index contributed by atoms with van der Waals surface area (Å²) in [7, 11) is 0. The summed E-state index contributed by atoms with van der Waals surface area (Å²) in [5.41, 5.74) is 5.60. The summed E-state index contributed by atoms with van der Waals surface area (Å²) in [5, 5.41) is 6.51. The van der Waals surface area contributed by atoms with Crippen molar-refractivity contribution in [3.8, 4) is 22.3 Å². The Morgan fingerprint density at radius 3 is 1.12 bits per heavy atom. The van der Waals surface area contributed by atoms with Gasteiger partial charge >= 0.3 is 0 Å². The molecule has 0 saturated carbocycles. The Labute approximate surface area is 289 Å². The molecule has 2 aliphatic heterocycles. The Kier molecular flexibility index (Phi) is 6.53. The fraction of sp³-hybridized carbons (Fsp3) is 0.182. The molecule has 2 aliphatic rings. The average Bonchev–Trinajstić information content (AvgIpc) is 3.12. The quantitative estimate of drug-likeness (QED) is 0.102. The molecule has 50 heavy (non-hydrogen) atoms. The van der Waals surface area contributed by atoms with E-state index in [0.717, 1.165) is 54.6 Å². The molecule has 0 saturated heterocycles. The fourth-order valence-electron chi connectivity index (χ4n) is 8.32. The highest BCUT2D eigenvalue weighted by Crippen LogP contribution is 2.51. The fourth-order valence-corrected chi connectivity index (χ4v) is 8.32. The molecule has 0 atom stereocenters. The molecule has 0 radical (unpaired) electrons. The van der Waals surface area contributed by atoms with Crippen molar-refractivity contribution in [2.45, 2.75) is 27.7 Å². The van der Waals surface area contributed by atoms with Crippen LogP contribution >= 0.6 is 0 Å². The van der Waals surface area contributed by atoms with Gasteiger partial charge in [0, 0.05) is 46.1 Å². The third kappa shape index (κ3) is 4.08. The highest BCUT2D eigenvalue weighted by molar-refractivity contribution is 6.44. The number of nitrogens with zero attached hydrogens (tertiary/aromatic N) is 2. The van der Waals surface area contributed by atoms with E-state index in [1.807, 2.05) is 125 Å². The lowest BCUT2D eigenvalue weighted by Crippen LogP contribution is -2.42. The number of carbonyl (C=O) groups excluding carboxylic acids is 4. The van der Waals surface area contributed by atoms with Gasteiger partial charge in [-0.1, -0.05) is 100 Å². The van der Waals surface area contributed by atoms with Gasteiger partial charge in [0.2, 0.25) is 0 Å². The largest absolute Gasteiger partial charge is 0.274 e. The lowest BCUT2D eigenvalue weighted by molar-refractivity contribution is 0.0577. The zero-order valence-electron chi connectivity index (χ0n) is 28.3. The zero-order chi connectivity index (χ0) is 34.6. The second kappa shape index (κ2) is 10.8. The van der Waals surface area contributed by atoms with E-state index in [1.54, 1.807) is 0 Å². The van der Waals surface area contributed by atoms with E-state index >= 15 is 0 Å². The maximum atomic E-state index is 14.3. The minimum absolute atomic E-state index is 0.104. The van der Waals surface area contributed by atoms with Crippen molar-refractivity contribution in [2.75, 3.05) is 13.1 Å². The molecule has 0 aromatic heterocycles. The van der Waals surface area contributed by atoms with Crippen molar-refractivity contribution in [3.05, 3.63) is 119 Å². The monoisotopic (exact) mass is 654 g/mol.